The van der Waals surface area contributed by atoms with Crippen molar-refractivity contribution in [1.82, 2.24) is 34.7 Å². The molecule has 5 rings (SSSR count). The Morgan fingerprint density at radius 3 is 2.77 bits per heavy atom. The minimum absolute atomic E-state index is 0.0475. The first-order valence-corrected chi connectivity index (χ1v) is 11.0. The van der Waals surface area contributed by atoms with Crippen LogP contribution in [0.3, 0.4) is 0 Å². The number of nitrogens with two attached hydrogens (primary N) is 2. The van der Waals surface area contributed by atoms with Crippen molar-refractivity contribution in [2.24, 2.45) is 5.73 Å². The zero-order valence-corrected chi connectivity index (χ0v) is 19.3. The van der Waals surface area contributed by atoms with E-state index in [1.807, 2.05) is 42.8 Å². The number of carbonyl (C=O) groups excluding carboxylic acids is 1. The first-order chi connectivity index (χ1) is 16.9. The molecule has 5 aromatic rings. The molecule has 0 bridgehead atoms. The van der Waals surface area contributed by atoms with E-state index in [1.165, 1.54) is 0 Å². The smallest absolute Gasteiger partial charge is 0.269 e. The molecule has 11 heteroatoms. The molecule has 0 aliphatic heterocycles. The molecule has 0 spiro atoms. The first-order valence-electron chi connectivity index (χ1n) is 11.0. The van der Waals surface area contributed by atoms with Crippen LogP contribution in [0, 0.1) is 13.8 Å². The summed E-state index contributed by atoms with van der Waals surface area (Å²) in [5, 5.41) is 11.3. The molecule has 0 atom stereocenters. The van der Waals surface area contributed by atoms with E-state index < -0.39 is 5.91 Å². The largest absolute Gasteiger partial charge is 0.395 e. The quantitative estimate of drug-likeness (QED) is 0.283. The summed E-state index contributed by atoms with van der Waals surface area (Å²) in [6.45, 7) is 5.19. The van der Waals surface area contributed by atoms with Crippen LogP contribution in [-0.4, -0.2) is 47.2 Å². The summed E-state index contributed by atoms with van der Waals surface area (Å²) < 4.78 is 2.03. The third-order valence-electron chi connectivity index (χ3n) is 5.87. The summed E-state index contributed by atoms with van der Waals surface area (Å²) in [6, 6.07) is 7.49. The van der Waals surface area contributed by atoms with Gasteiger partial charge in [0.15, 0.2) is 11.5 Å². The van der Waals surface area contributed by atoms with Gasteiger partial charge in [-0.15, -0.1) is 0 Å². The summed E-state index contributed by atoms with van der Waals surface area (Å²) in [4.78, 5) is 30.2. The second kappa shape index (κ2) is 8.86. The lowest BCUT2D eigenvalue weighted by Crippen LogP contribution is -2.18. The average molecular weight is 469 g/mol. The number of nitrogens with zero attached hydrogens (tertiary/aromatic N) is 6. The van der Waals surface area contributed by atoms with Crippen LogP contribution in [0.25, 0.3) is 33.5 Å². The predicted molar refractivity (Wildman–Crippen MR) is 133 cm³/mol. The van der Waals surface area contributed by atoms with Crippen LogP contribution in [0.2, 0.25) is 0 Å². The van der Waals surface area contributed by atoms with Gasteiger partial charge in [0, 0.05) is 42.6 Å². The van der Waals surface area contributed by atoms with Crippen molar-refractivity contribution in [1.29, 1.82) is 0 Å². The zero-order chi connectivity index (χ0) is 24.5. The number of aromatic amines is 1. The number of rotatable bonds is 7. The Kier molecular flexibility index (Phi) is 5.57. The molecule has 6 N–H and O–H groups in total. The van der Waals surface area contributed by atoms with Crippen molar-refractivity contribution in [3.05, 3.63) is 66.1 Å². The lowest BCUT2D eigenvalue weighted by molar-refractivity contribution is 0.0996. The number of primary amides is 1. The number of carbonyl (C=O) groups is 1. The molecule has 0 radical (unpaired) electrons. The summed E-state index contributed by atoms with van der Waals surface area (Å²) in [6.07, 6.45) is 7.07. The number of fused-ring (bicyclic) bond motifs is 1. The number of benzene rings is 1. The maximum Gasteiger partial charge on any atom is 0.269 e. The van der Waals surface area contributed by atoms with Crippen LogP contribution in [-0.2, 0) is 6.54 Å². The van der Waals surface area contributed by atoms with E-state index in [1.54, 1.807) is 24.7 Å². The minimum atomic E-state index is -0.738. The van der Waals surface area contributed by atoms with Gasteiger partial charge in [0.05, 0.1) is 28.7 Å². The number of hydrogen-bond donors (Lipinski definition) is 4. The lowest BCUT2D eigenvalue weighted by Gasteiger charge is -2.15. The number of imidazole rings is 1. The van der Waals surface area contributed by atoms with Gasteiger partial charge in [0.25, 0.3) is 5.91 Å². The molecule has 0 unspecified atom stereocenters. The van der Waals surface area contributed by atoms with Gasteiger partial charge in [-0.2, -0.15) is 5.10 Å². The highest BCUT2D eigenvalue weighted by Crippen LogP contribution is 2.36. The van der Waals surface area contributed by atoms with E-state index in [0.717, 1.165) is 27.9 Å². The number of anilines is 2. The number of H-pyrrole nitrogens is 1. The fourth-order valence-electron chi connectivity index (χ4n) is 4.07. The highest BCUT2D eigenvalue weighted by atomic mass is 16.1. The van der Waals surface area contributed by atoms with Gasteiger partial charge in [-0.3, -0.25) is 9.89 Å². The predicted octanol–water partition coefficient (Wildman–Crippen LogP) is 2.69. The highest BCUT2D eigenvalue weighted by molar-refractivity contribution is 6.04. The monoisotopic (exact) mass is 468 g/mol. The molecule has 0 aliphatic rings. The summed E-state index contributed by atoms with van der Waals surface area (Å²) in [5.74, 6) is 1.06. The van der Waals surface area contributed by atoms with Crippen LogP contribution in [0.5, 0.6) is 0 Å². The van der Waals surface area contributed by atoms with Crippen molar-refractivity contribution in [2.45, 2.75) is 20.4 Å². The Morgan fingerprint density at radius 2 is 2.00 bits per heavy atom. The standard InChI is InChI=1S/C24H24N10O/c1-13-5-6-17-16(12-30-33-17)18(13)20-19(25)21(22(26)35)32-24(31-20)15-4-3-7-28-23(15)29-9-11-34-10-8-27-14(34)2/h3-8,10,12H,9,11,25H2,1-2H3,(H2,26,35)(H,28,29)(H,30,33). The molecule has 11 nitrogen and oxygen atoms in total. The number of hydrogen-bond acceptors (Lipinski definition) is 8. The Hall–Kier alpha value is -4.80. The van der Waals surface area contributed by atoms with Crippen LogP contribution in [0.15, 0.2) is 49.1 Å². The number of amides is 1. The van der Waals surface area contributed by atoms with Crippen molar-refractivity contribution < 1.29 is 4.79 Å². The average Bonchev–Trinajstić information content (AvgIpc) is 3.49. The fraction of sp³-hybridized carbons (Fsp3) is 0.167. The summed E-state index contributed by atoms with van der Waals surface area (Å²) >= 11 is 0. The molecule has 4 heterocycles. The maximum atomic E-state index is 12.3. The van der Waals surface area contributed by atoms with Crippen molar-refractivity contribution in [3.8, 4) is 22.6 Å². The van der Waals surface area contributed by atoms with E-state index in [4.69, 9.17) is 16.5 Å². The molecule has 35 heavy (non-hydrogen) atoms. The van der Waals surface area contributed by atoms with Crippen LogP contribution < -0.4 is 16.8 Å². The Bertz CT molecular complexity index is 1550. The van der Waals surface area contributed by atoms with E-state index >= 15 is 0 Å². The van der Waals surface area contributed by atoms with Gasteiger partial charge in [-0.25, -0.2) is 19.9 Å². The van der Waals surface area contributed by atoms with Crippen molar-refractivity contribution >= 4 is 28.3 Å². The van der Waals surface area contributed by atoms with Gasteiger partial charge in [0.1, 0.15) is 11.6 Å². The summed E-state index contributed by atoms with van der Waals surface area (Å²) in [5.41, 5.74) is 15.6. The van der Waals surface area contributed by atoms with Gasteiger partial charge in [-0.1, -0.05) is 6.07 Å². The molecule has 176 valence electrons. The molecule has 0 fully saturated rings. The van der Waals surface area contributed by atoms with E-state index in [2.05, 4.69) is 30.5 Å². The number of aryl methyl sites for hydroxylation is 2. The molecular weight excluding hydrogens is 444 g/mol. The summed E-state index contributed by atoms with van der Waals surface area (Å²) in [7, 11) is 0. The maximum absolute atomic E-state index is 12.3. The highest BCUT2D eigenvalue weighted by Gasteiger charge is 2.22. The van der Waals surface area contributed by atoms with E-state index in [0.29, 0.717) is 30.2 Å². The molecule has 1 amide bonds. The van der Waals surface area contributed by atoms with Crippen LogP contribution in [0.4, 0.5) is 11.5 Å². The minimum Gasteiger partial charge on any atom is -0.395 e. The van der Waals surface area contributed by atoms with Crippen molar-refractivity contribution in [3.63, 3.8) is 0 Å². The molecule has 0 aliphatic carbocycles. The number of pyridine rings is 1. The molecule has 4 aromatic heterocycles. The number of aromatic nitrogens is 7. The SMILES string of the molecule is Cc1ccc2[nH]ncc2c1-c1nc(-c2cccnc2NCCn2ccnc2C)nc(C(N)=O)c1N. The van der Waals surface area contributed by atoms with E-state index in [9.17, 15) is 4.79 Å². The normalized spacial score (nSPS) is 11.1. The number of nitrogen functional groups attached to an aromatic ring is 1. The van der Waals surface area contributed by atoms with Crippen LogP contribution in [0.1, 0.15) is 21.9 Å². The first kappa shape index (κ1) is 22.0. The Morgan fingerprint density at radius 1 is 1.14 bits per heavy atom. The topological polar surface area (TPSA) is 166 Å². The Balaban J connectivity index is 1.60. The third-order valence-corrected chi connectivity index (χ3v) is 5.87. The second-order valence-electron chi connectivity index (χ2n) is 8.11. The molecule has 1 aromatic carbocycles. The molecule has 0 saturated carbocycles. The number of nitrogens with one attached hydrogen (secondary N) is 2. The van der Waals surface area contributed by atoms with Crippen LogP contribution >= 0.6 is 0 Å². The van der Waals surface area contributed by atoms with Gasteiger partial charge >= 0.3 is 0 Å². The second-order valence-corrected chi connectivity index (χ2v) is 8.11. The van der Waals surface area contributed by atoms with Crippen molar-refractivity contribution in [2.75, 3.05) is 17.6 Å². The van der Waals surface area contributed by atoms with Gasteiger partial charge in [-0.05, 0) is 37.6 Å². The lowest BCUT2D eigenvalue weighted by atomic mass is 9.99. The zero-order valence-electron chi connectivity index (χ0n) is 19.3. The Labute approximate surface area is 200 Å². The molecule has 0 saturated heterocycles. The van der Waals surface area contributed by atoms with Gasteiger partial charge < -0.3 is 21.4 Å². The van der Waals surface area contributed by atoms with Gasteiger partial charge in [0.2, 0.25) is 0 Å². The molecular formula is C24H24N10O. The van der Waals surface area contributed by atoms with E-state index in [-0.39, 0.29) is 17.2 Å². The third kappa shape index (κ3) is 4.03. The fourth-order valence-corrected chi connectivity index (χ4v) is 4.07.